The van der Waals surface area contributed by atoms with Crippen LogP contribution in [0.1, 0.15) is 25.0 Å². The van der Waals surface area contributed by atoms with Crippen molar-refractivity contribution in [3.05, 3.63) is 151 Å². The van der Waals surface area contributed by atoms with Gasteiger partial charge in [-0.05, 0) is 34.4 Å². The fraction of sp³-hybridized carbons (Fsp3) is 0.0698. The third-order valence-corrected chi connectivity index (χ3v) is 11.2. The lowest BCUT2D eigenvalue weighted by molar-refractivity contribution is 0.667. The largest absolute Gasteiger partial charge is 0.305 e. The average Bonchev–Trinajstić information content (AvgIpc) is 3.74. The number of aromatic nitrogens is 3. The zero-order valence-electron chi connectivity index (χ0n) is 26.0. The Labute approximate surface area is 276 Å². The van der Waals surface area contributed by atoms with Crippen LogP contribution in [-0.2, 0) is 5.41 Å². The van der Waals surface area contributed by atoms with Crippen LogP contribution in [-0.4, -0.2) is 14.5 Å². The van der Waals surface area contributed by atoms with Gasteiger partial charge in [0.25, 0.3) is 0 Å². The molecule has 0 saturated heterocycles. The maximum Gasteiger partial charge on any atom is 0.159 e. The van der Waals surface area contributed by atoms with Crippen LogP contribution >= 0.6 is 11.3 Å². The average molecular weight is 620 g/mol. The molecular weight excluding hydrogens is 591 g/mol. The third-order valence-electron chi connectivity index (χ3n) is 10.0. The van der Waals surface area contributed by atoms with E-state index in [0.29, 0.717) is 0 Å². The van der Waals surface area contributed by atoms with Crippen molar-refractivity contribution < 1.29 is 0 Å². The number of hydrogen-bond acceptors (Lipinski definition) is 3. The van der Waals surface area contributed by atoms with Crippen molar-refractivity contribution >= 4 is 53.3 Å². The summed E-state index contributed by atoms with van der Waals surface area (Å²) in [5.41, 5.74) is 11.8. The van der Waals surface area contributed by atoms with Crippen molar-refractivity contribution in [3.63, 3.8) is 0 Å². The van der Waals surface area contributed by atoms with Crippen molar-refractivity contribution in [1.29, 1.82) is 0 Å². The first kappa shape index (κ1) is 26.6. The number of fused-ring (bicyclic) bond motifs is 11. The van der Waals surface area contributed by atoms with Crippen LogP contribution in [0.5, 0.6) is 0 Å². The van der Waals surface area contributed by atoms with E-state index in [1.54, 1.807) is 0 Å². The van der Waals surface area contributed by atoms with Crippen LogP contribution in [0.15, 0.2) is 140 Å². The number of nitrogens with zero attached hydrogens (tertiary/aromatic N) is 3. The summed E-state index contributed by atoms with van der Waals surface area (Å²) in [7, 11) is 0. The van der Waals surface area contributed by atoms with Crippen LogP contribution in [0, 0.1) is 0 Å². The van der Waals surface area contributed by atoms with Gasteiger partial charge < -0.3 is 4.57 Å². The Morgan fingerprint density at radius 3 is 2.15 bits per heavy atom. The zero-order chi connectivity index (χ0) is 31.3. The zero-order valence-corrected chi connectivity index (χ0v) is 26.8. The highest BCUT2D eigenvalue weighted by atomic mass is 32.1. The van der Waals surface area contributed by atoms with E-state index in [1.165, 1.54) is 58.7 Å². The van der Waals surface area contributed by atoms with E-state index in [1.807, 2.05) is 35.7 Å². The van der Waals surface area contributed by atoms with E-state index in [4.69, 9.17) is 9.97 Å². The summed E-state index contributed by atoms with van der Waals surface area (Å²) >= 11 is 1.92. The monoisotopic (exact) mass is 619 g/mol. The van der Waals surface area contributed by atoms with Gasteiger partial charge in [-0.3, -0.25) is 0 Å². The molecule has 3 nitrogen and oxygen atoms in total. The molecule has 222 valence electrons. The molecule has 0 fully saturated rings. The first-order valence-corrected chi connectivity index (χ1v) is 16.9. The third kappa shape index (κ3) is 3.67. The number of rotatable bonds is 3. The highest BCUT2D eigenvalue weighted by Crippen LogP contribution is 2.54. The summed E-state index contributed by atoms with van der Waals surface area (Å²) in [6, 6.07) is 47.8. The van der Waals surface area contributed by atoms with Crippen molar-refractivity contribution in [2.75, 3.05) is 0 Å². The van der Waals surface area contributed by atoms with Crippen LogP contribution in [0.2, 0.25) is 0 Å². The fourth-order valence-corrected chi connectivity index (χ4v) is 9.36. The van der Waals surface area contributed by atoms with Gasteiger partial charge in [-0.1, -0.05) is 135 Å². The second-order valence-electron chi connectivity index (χ2n) is 13.0. The summed E-state index contributed by atoms with van der Waals surface area (Å²) in [6.07, 6.45) is 2.02. The molecule has 1 aliphatic rings. The van der Waals surface area contributed by atoms with Gasteiger partial charge in [-0.2, -0.15) is 0 Å². The number of thiophene rings is 1. The highest BCUT2D eigenvalue weighted by Gasteiger charge is 2.37. The standard InChI is InChI=1S/C43H29N3S/c1-43(2)33-19-11-9-17-28(33)30-21-22-32-37-36(47-41(32)38(30)43)24-23-31-29-18-10-12-20-34(29)46(40(31)37)35-25-44-42(27-15-7-4-8-16-27)45-39(35)26-13-5-3-6-14-26/h3-25H,1-2H3. The van der Waals surface area contributed by atoms with Crippen molar-refractivity contribution in [1.82, 2.24) is 14.5 Å². The van der Waals surface area contributed by atoms with Crippen molar-refractivity contribution in [3.8, 4) is 39.5 Å². The van der Waals surface area contributed by atoms with E-state index in [0.717, 1.165) is 33.8 Å². The molecule has 0 amide bonds. The molecule has 0 unspecified atom stereocenters. The predicted octanol–water partition coefficient (Wildman–Crippen LogP) is 11.6. The Morgan fingerprint density at radius 2 is 1.32 bits per heavy atom. The van der Waals surface area contributed by atoms with E-state index in [2.05, 4.69) is 134 Å². The Morgan fingerprint density at radius 1 is 0.617 bits per heavy atom. The molecule has 0 aliphatic heterocycles. The Hall–Kier alpha value is -5.58. The van der Waals surface area contributed by atoms with Gasteiger partial charge in [-0.15, -0.1) is 11.3 Å². The van der Waals surface area contributed by atoms with Gasteiger partial charge in [-0.25, -0.2) is 9.97 Å². The van der Waals surface area contributed by atoms with Crippen LogP contribution in [0.25, 0.3) is 81.4 Å². The lowest BCUT2D eigenvalue weighted by atomic mass is 9.82. The van der Waals surface area contributed by atoms with E-state index < -0.39 is 0 Å². The Balaban J connectivity index is 1.34. The summed E-state index contributed by atoms with van der Waals surface area (Å²) in [4.78, 5) is 10.3. The fourth-order valence-electron chi connectivity index (χ4n) is 7.95. The molecule has 0 spiro atoms. The molecule has 0 bridgehead atoms. The van der Waals surface area contributed by atoms with E-state index in [9.17, 15) is 0 Å². The van der Waals surface area contributed by atoms with Gasteiger partial charge in [0.15, 0.2) is 5.82 Å². The lowest BCUT2D eigenvalue weighted by Gasteiger charge is -2.22. The molecular formula is C43H29N3S. The predicted molar refractivity (Wildman–Crippen MR) is 198 cm³/mol. The maximum absolute atomic E-state index is 5.27. The van der Waals surface area contributed by atoms with Crippen LogP contribution in [0.3, 0.4) is 0 Å². The minimum Gasteiger partial charge on any atom is -0.305 e. The number of benzene rings is 6. The van der Waals surface area contributed by atoms with Gasteiger partial charge in [0.05, 0.1) is 28.6 Å². The van der Waals surface area contributed by atoms with Gasteiger partial charge in [0.1, 0.15) is 0 Å². The molecule has 10 rings (SSSR count). The summed E-state index contributed by atoms with van der Waals surface area (Å²) in [5, 5.41) is 5.06. The van der Waals surface area contributed by atoms with Crippen molar-refractivity contribution in [2.45, 2.75) is 19.3 Å². The molecule has 1 aliphatic carbocycles. The molecule has 6 aromatic carbocycles. The number of para-hydroxylation sites is 1. The summed E-state index contributed by atoms with van der Waals surface area (Å²) in [5.74, 6) is 0.720. The molecule has 47 heavy (non-hydrogen) atoms. The molecule has 0 saturated carbocycles. The summed E-state index contributed by atoms with van der Waals surface area (Å²) < 4.78 is 5.09. The molecule has 0 radical (unpaired) electrons. The molecule has 3 aromatic heterocycles. The van der Waals surface area contributed by atoms with Gasteiger partial charge >= 0.3 is 0 Å². The maximum atomic E-state index is 5.27. The second kappa shape index (κ2) is 9.71. The second-order valence-corrected chi connectivity index (χ2v) is 14.0. The Bertz CT molecular complexity index is 2700. The smallest absolute Gasteiger partial charge is 0.159 e. The van der Waals surface area contributed by atoms with Gasteiger partial charge in [0.2, 0.25) is 0 Å². The first-order chi connectivity index (χ1) is 23.1. The first-order valence-electron chi connectivity index (χ1n) is 16.1. The highest BCUT2D eigenvalue weighted by molar-refractivity contribution is 7.26. The topological polar surface area (TPSA) is 30.7 Å². The lowest BCUT2D eigenvalue weighted by Crippen LogP contribution is -2.14. The molecule has 0 atom stereocenters. The minimum absolute atomic E-state index is 0.0836. The van der Waals surface area contributed by atoms with E-state index >= 15 is 0 Å². The quantitative estimate of drug-likeness (QED) is 0.197. The Kier molecular flexibility index (Phi) is 5.50. The minimum atomic E-state index is -0.0836. The summed E-state index contributed by atoms with van der Waals surface area (Å²) in [6.45, 7) is 4.76. The molecule has 0 N–H and O–H groups in total. The number of hydrogen-bond donors (Lipinski definition) is 0. The molecule has 9 aromatic rings. The molecule has 3 heterocycles. The van der Waals surface area contributed by atoms with E-state index in [-0.39, 0.29) is 5.41 Å². The van der Waals surface area contributed by atoms with Crippen LogP contribution in [0.4, 0.5) is 0 Å². The van der Waals surface area contributed by atoms with Crippen molar-refractivity contribution in [2.24, 2.45) is 0 Å². The normalized spacial score (nSPS) is 13.5. The van der Waals surface area contributed by atoms with Gasteiger partial charge in [0, 0.05) is 47.5 Å². The SMILES string of the molecule is CC1(C)c2ccccc2-c2ccc3c(sc4ccc5c6ccccc6n(-c6cnc(-c7ccccc7)nc6-c6ccccc6)c5c43)c21. The van der Waals surface area contributed by atoms with Crippen LogP contribution < -0.4 is 0 Å². The molecule has 4 heteroatoms.